The van der Waals surface area contributed by atoms with E-state index < -0.39 is 23.8 Å². The third-order valence-corrected chi connectivity index (χ3v) is 3.78. The van der Waals surface area contributed by atoms with Gasteiger partial charge < -0.3 is 10.0 Å². The Kier molecular flexibility index (Phi) is 4.08. The molecule has 3 heterocycles. The molecule has 0 amide bonds. The van der Waals surface area contributed by atoms with Crippen molar-refractivity contribution in [2.24, 2.45) is 5.92 Å². The van der Waals surface area contributed by atoms with Crippen LogP contribution < -0.4 is 4.90 Å². The number of aromatic nitrogens is 3. The molecule has 1 aliphatic rings. The van der Waals surface area contributed by atoms with Gasteiger partial charge in [-0.05, 0) is 18.6 Å². The Labute approximate surface area is 135 Å². The fourth-order valence-electron chi connectivity index (χ4n) is 2.54. The van der Waals surface area contributed by atoms with Crippen LogP contribution in [0.4, 0.5) is 19.0 Å². The Bertz CT molecular complexity index is 752. The van der Waals surface area contributed by atoms with E-state index in [4.69, 9.17) is 5.11 Å². The number of alkyl halides is 3. The van der Waals surface area contributed by atoms with Crippen molar-refractivity contribution in [1.29, 1.82) is 0 Å². The average Bonchev–Trinajstić information content (AvgIpc) is 3.05. The van der Waals surface area contributed by atoms with E-state index >= 15 is 0 Å². The monoisotopic (exact) mass is 338 g/mol. The number of carboxylic acid groups (broad SMARTS) is 1. The largest absolute Gasteiger partial charge is 0.481 e. The van der Waals surface area contributed by atoms with Crippen LogP contribution in [0.1, 0.15) is 12.1 Å². The zero-order chi connectivity index (χ0) is 17.3. The van der Waals surface area contributed by atoms with Gasteiger partial charge in [0.15, 0.2) is 11.5 Å². The molecule has 6 nitrogen and oxygen atoms in total. The summed E-state index contributed by atoms with van der Waals surface area (Å²) >= 11 is 0. The first kappa shape index (κ1) is 16.2. The molecule has 0 aliphatic carbocycles. The number of rotatable bonds is 3. The minimum atomic E-state index is -4.62. The summed E-state index contributed by atoms with van der Waals surface area (Å²) < 4.78 is 39.4. The van der Waals surface area contributed by atoms with Gasteiger partial charge in [-0.25, -0.2) is 9.97 Å². The maximum absolute atomic E-state index is 13.1. The van der Waals surface area contributed by atoms with E-state index in [2.05, 4.69) is 15.0 Å². The van der Waals surface area contributed by atoms with Gasteiger partial charge in [0.1, 0.15) is 5.82 Å². The summed E-state index contributed by atoms with van der Waals surface area (Å²) in [5, 5.41) is 9.05. The molecule has 1 unspecified atom stereocenters. The third kappa shape index (κ3) is 3.29. The van der Waals surface area contributed by atoms with Crippen molar-refractivity contribution in [2.45, 2.75) is 12.6 Å². The summed E-state index contributed by atoms with van der Waals surface area (Å²) in [6.45, 7) is 0.452. The van der Waals surface area contributed by atoms with E-state index in [1.807, 2.05) is 0 Å². The molecule has 0 saturated carbocycles. The Balaban J connectivity index is 2.02. The van der Waals surface area contributed by atoms with Gasteiger partial charge in [-0.3, -0.25) is 9.78 Å². The van der Waals surface area contributed by atoms with Gasteiger partial charge in [0, 0.05) is 37.1 Å². The second kappa shape index (κ2) is 6.06. The molecule has 0 bridgehead atoms. The fraction of sp³-hybridized carbons (Fsp3) is 0.333. The number of aliphatic carboxylic acids is 1. The topological polar surface area (TPSA) is 79.2 Å². The van der Waals surface area contributed by atoms with Crippen molar-refractivity contribution in [1.82, 2.24) is 15.0 Å². The van der Waals surface area contributed by atoms with Gasteiger partial charge in [0.25, 0.3) is 0 Å². The maximum atomic E-state index is 13.1. The van der Waals surface area contributed by atoms with Crippen LogP contribution in [0, 0.1) is 5.92 Å². The molecule has 9 heteroatoms. The lowest BCUT2D eigenvalue weighted by Gasteiger charge is -2.19. The summed E-state index contributed by atoms with van der Waals surface area (Å²) in [4.78, 5) is 24.2. The molecule has 0 aromatic carbocycles. The fourth-order valence-corrected chi connectivity index (χ4v) is 2.54. The molecule has 3 rings (SSSR count). The number of anilines is 1. The quantitative estimate of drug-likeness (QED) is 0.926. The predicted molar refractivity (Wildman–Crippen MR) is 78.2 cm³/mol. The molecule has 1 aliphatic heterocycles. The summed E-state index contributed by atoms with van der Waals surface area (Å²) in [6, 6.07) is 4.00. The molecule has 1 fully saturated rings. The highest BCUT2D eigenvalue weighted by molar-refractivity contribution is 5.72. The highest BCUT2D eigenvalue weighted by Gasteiger charge is 2.36. The molecule has 1 atom stereocenters. The number of hydrogen-bond acceptors (Lipinski definition) is 5. The third-order valence-electron chi connectivity index (χ3n) is 3.78. The Morgan fingerprint density at radius 3 is 2.71 bits per heavy atom. The van der Waals surface area contributed by atoms with Crippen LogP contribution in [0.15, 0.2) is 30.6 Å². The molecule has 1 N–H and O–H groups in total. The average molecular weight is 338 g/mol. The predicted octanol–water partition coefficient (Wildman–Crippen LogP) is 2.47. The molecular weight excluding hydrogens is 325 g/mol. The van der Waals surface area contributed by atoms with Gasteiger partial charge in [-0.15, -0.1) is 0 Å². The van der Waals surface area contributed by atoms with Crippen LogP contribution in [-0.4, -0.2) is 39.1 Å². The standard InChI is InChI=1S/C15H13F3N4O2/c16-15(17,18)11-6-12(22-5-3-10(8-22)14(23)24)21-13(20-11)9-2-1-4-19-7-9/h1-2,4,6-7,10H,3,5,8H2,(H,23,24). The van der Waals surface area contributed by atoms with E-state index in [1.54, 1.807) is 12.1 Å². The molecule has 0 radical (unpaired) electrons. The van der Waals surface area contributed by atoms with E-state index in [-0.39, 0.29) is 18.2 Å². The van der Waals surface area contributed by atoms with Crippen LogP contribution >= 0.6 is 0 Å². The van der Waals surface area contributed by atoms with Crippen molar-refractivity contribution in [3.05, 3.63) is 36.3 Å². The van der Waals surface area contributed by atoms with Crippen molar-refractivity contribution >= 4 is 11.8 Å². The lowest BCUT2D eigenvalue weighted by molar-refractivity contribution is -0.142. The summed E-state index contributed by atoms with van der Waals surface area (Å²) in [6.07, 6.45) is -1.39. The minimum Gasteiger partial charge on any atom is -0.481 e. The number of nitrogens with zero attached hydrogens (tertiary/aromatic N) is 4. The summed E-state index contributed by atoms with van der Waals surface area (Å²) in [5.74, 6) is -1.60. The van der Waals surface area contributed by atoms with Crippen molar-refractivity contribution in [2.75, 3.05) is 18.0 Å². The van der Waals surface area contributed by atoms with Gasteiger partial charge in [0.2, 0.25) is 0 Å². The van der Waals surface area contributed by atoms with Crippen LogP contribution in [0.3, 0.4) is 0 Å². The molecule has 126 valence electrons. The summed E-state index contributed by atoms with van der Waals surface area (Å²) in [5.41, 5.74) is -0.705. The molecule has 2 aromatic heterocycles. The van der Waals surface area contributed by atoms with Crippen molar-refractivity contribution in [3.8, 4) is 11.4 Å². The van der Waals surface area contributed by atoms with E-state index in [1.165, 1.54) is 17.3 Å². The normalized spacial score (nSPS) is 18.0. The second-order valence-electron chi connectivity index (χ2n) is 5.44. The molecule has 2 aromatic rings. The molecule has 1 saturated heterocycles. The summed E-state index contributed by atoms with van der Waals surface area (Å²) in [7, 11) is 0. The zero-order valence-corrected chi connectivity index (χ0v) is 12.4. The van der Waals surface area contributed by atoms with Gasteiger partial charge in [-0.2, -0.15) is 13.2 Å². The minimum absolute atomic E-state index is 0.0694. The van der Waals surface area contributed by atoms with Gasteiger partial charge in [0.05, 0.1) is 5.92 Å². The SMILES string of the molecule is O=C(O)C1CCN(c2cc(C(F)(F)F)nc(-c3cccnc3)n2)C1. The number of carbonyl (C=O) groups is 1. The van der Waals surface area contributed by atoms with Crippen LogP contribution in [-0.2, 0) is 11.0 Å². The van der Waals surface area contributed by atoms with Crippen molar-refractivity contribution in [3.63, 3.8) is 0 Å². The van der Waals surface area contributed by atoms with Gasteiger partial charge in [-0.1, -0.05) is 0 Å². The van der Waals surface area contributed by atoms with Crippen molar-refractivity contribution < 1.29 is 23.1 Å². The van der Waals surface area contributed by atoms with Crippen LogP contribution in [0.25, 0.3) is 11.4 Å². The van der Waals surface area contributed by atoms with Gasteiger partial charge >= 0.3 is 12.1 Å². The highest BCUT2D eigenvalue weighted by atomic mass is 19.4. The molecular formula is C15H13F3N4O2. The number of pyridine rings is 1. The first-order valence-corrected chi connectivity index (χ1v) is 7.19. The number of carboxylic acids is 1. The lowest BCUT2D eigenvalue weighted by atomic mass is 10.1. The molecule has 24 heavy (non-hydrogen) atoms. The number of halogens is 3. The van der Waals surface area contributed by atoms with Crippen LogP contribution in [0.2, 0.25) is 0 Å². The highest BCUT2D eigenvalue weighted by Crippen LogP contribution is 2.33. The number of hydrogen-bond donors (Lipinski definition) is 1. The Morgan fingerprint density at radius 2 is 2.12 bits per heavy atom. The first-order chi connectivity index (χ1) is 11.3. The Morgan fingerprint density at radius 1 is 1.33 bits per heavy atom. The maximum Gasteiger partial charge on any atom is 0.433 e. The lowest BCUT2D eigenvalue weighted by Crippen LogP contribution is -2.24. The van der Waals surface area contributed by atoms with E-state index in [0.717, 1.165) is 6.07 Å². The van der Waals surface area contributed by atoms with Crippen LogP contribution in [0.5, 0.6) is 0 Å². The zero-order valence-electron chi connectivity index (χ0n) is 12.4. The van der Waals surface area contributed by atoms with E-state index in [9.17, 15) is 18.0 Å². The first-order valence-electron chi connectivity index (χ1n) is 7.19. The Hall–Kier alpha value is -2.71. The van der Waals surface area contributed by atoms with E-state index in [0.29, 0.717) is 18.5 Å². The smallest absolute Gasteiger partial charge is 0.433 e. The molecule has 0 spiro atoms. The second-order valence-corrected chi connectivity index (χ2v) is 5.44.